The van der Waals surface area contributed by atoms with Gasteiger partial charge in [0.15, 0.2) is 11.5 Å². The first kappa shape index (κ1) is 20.3. The zero-order chi connectivity index (χ0) is 20.0. The van der Waals surface area contributed by atoms with Crippen LogP contribution in [0.25, 0.3) is 11.2 Å². The quantitative estimate of drug-likeness (QED) is 0.654. The largest absolute Gasteiger partial charge is 0.481 e. The van der Waals surface area contributed by atoms with Gasteiger partial charge in [-0.25, -0.2) is 9.97 Å². The smallest absolute Gasteiger partial charge is 0.305 e. The van der Waals surface area contributed by atoms with Crippen LogP contribution in [0.1, 0.15) is 19.8 Å². The molecular weight excluding hydrogens is 354 g/mol. The summed E-state index contributed by atoms with van der Waals surface area (Å²) in [6.07, 6.45) is 0.190. The predicted octanol–water partition coefficient (Wildman–Crippen LogP) is 0.697. The molecule has 0 saturated carbocycles. The van der Waals surface area contributed by atoms with Crippen molar-refractivity contribution in [2.45, 2.75) is 26.3 Å². The first-order valence-electron chi connectivity index (χ1n) is 8.51. The molecule has 10 nitrogen and oxygen atoms in total. The minimum Gasteiger partial charge on any atom is -0.481 e. The van der Waals surface area contributed by atoms with Gasteiger partial charge in [-0.2, -0.15) is 0 Å². The zero-order valence-electron chi connectivity index (χ0n) is 15.6. The van der Waals surface area contributed by atoms with Crippen LogP contribution in [-0.4, -0.2) is 58.8 Å². The van der Waals surface area contributed by atoms with Crippen LogP contribution in [0.4, 0.5) is 11.6 Å². The number of methoxy groups -OCH3 is 1. The summed E-state index contributed by atoms with van der Waals surface area (Å²) >= 11 is 0. The minimum atomic E-state index is -0.974. The molecule has 10 heteroatoms. The van der Waals surface area contributed by atoms with Crippen molar-refractivity contribution >= 4 is 34.7 Å². The number of aromatic nitrogens is 3. The van der Waals surface area contributed by atoms with Gasteiger partial charge in [0.25, 0.3) is 5.56 Å². The Labute approximate surface area is 155 Å². The number of nitrogens with one attached hydrogen (secondary N) is 1. The van der Waals surface area contributed by atoms with E-state index in [1.807, 2.05) is 0 Å². The van der Waals surface area contributed by atoms with Crippen LogP contribution in [0.5, 0.6) is 0 Å². The number of aliphatic carboxylic acids is 1. The maximum Gasteiger partial charge on any atom is 0.305 e. The molecule has 1 amide bonds. The number of fused-ring (bicyclic) bond motifs is 1. The lowest BCUT2D eigenvalue weighted by Gasteiger charge is -2.17. The van der Waals surface area contributed by atoms with Crippen LogP contribution in [0, 0.1) is 0 Å². The minimum absolute atomic E-state index is 0.0485. The van der Waals surface area contributed by atoms with Crippen LogP contribution in [0.3, 0.4) is 0 Å². The van der Waals surface area contributed by atoms with Gasteiger partial charge in [0.1, 0.15) is 11.3 Å². The topological polar surface area (TPSA) is 127 Å². The average Bonchev–Trinajstić information content (AvgIpc) is 2.66. The molecular formula is C17H23N5O5. The van der Waals surface area contributed by atoms with E-state index in [0.29, 0.717) is 23.4 Å². The van der Waals surface area contributed by atoms with Crippen molar-refractivity contribution in [2.75, 3.05) is 37.5 Å². The third kappa shape index (κ3) is 4.79. The van der Waals surface area contributed by atoms with Gasteiger partial charge in [0, 0.05) is 27.1 Å². The summed E-state index contributed by atoms with van der Waals surface area (Å²) in [5, 5.41) is 11.5. The molecule has 0 unspecified atom stereocenters. The second-order valence-corrected chi connectivity index (χ2v) is 5.80. The highest BCUT2D eigenvalue weighted by atomic mass is 16.5. The molecule has 0 spiro atoms. The molecule has 2 N–H and O–H groups in total. The number of hydrogen-bond donors (Lipinski definition) is 2. The molecule has 2 aromatic rings. The maximum atomic E-state index is 12.8. The summed E-state index contributed by atoms with van der Waals surface area (Å²) in [6, 6.07) is 3.32. The Hall–Kier alpha value is -3.01. The number of carboxylic acid groups (broad SMARTS) is 1. The molecule has 0 aliphatic heterocycles. The van der Waals surface area contributed by atoms with E-state index >= 15 is 0 Å². The van der Waals surface area contributed by atoms with Gasteiger partial charge in [-0.15, -0.1) is 0 Å². The monoisotopic (exact) mass is 377 g/mol. The third-order valence-electron chi connectivity index (χ3n) is 3.95. The maximum absolute atomic E-state index is 12.8. The molecule has 0 radical (unpaired) electrons. The fourth-order valence-electron chi connectivity index (χ4n) is 2.45. The number of carboxylic acids is 1. The number of ether oxygens (including phenoxy) is 1. The highest BCUT2D eigenvalue weighted by molar-refractivity contribution is 5.92. The molecule has 0 fully saturated rings. The summed E-state index contributed by atoms with van der Waals surface area (Å²) in [6.45, 7) is 2.35. The Bertz CT molecular complexity index is 895. The highest BCUT2D eigenvalue weighted by Gasteiger charge is 2.16. The SMILES string of the molecule is CCC(=O)N(C)c1ccc2nc(NCCC(=O)O)c(=O)n(CCOC)c2n1. The predicted molar refractivity (Wildman–Crippen MR) is 100 cm³/mol. The first-order chi connectivity index (χ1) is 12.9. The Morgan fingerprint density at radius 3 is 2.70 bits per heavy atom. The van der Waals surface area contributed by atoms with Crippen molar-refractivity contribution in [3.63, 3.8) is 0 Å². The van der Waals surface area contributed by atoms with Crippen molar-refractivity contribution in [3.8, 4) is 0 Å². The molecule has 0 aliphatic rings. The molecule has 0 atom stereocenters. The lowest BCUT2D eigenvalue weighted by atomic mass is 10.3. The molecule has 146 valence electrons. The number of pyridine rings is 1. The van der Waals surface area contributed by atoms with Crippen LogP contribution in [0.2, 0.25) is 0 Å². The molecule has 0 aromatic carbocycles. The second kappa shape index (κ2) is 9.08. The van der Waals surface area contributed by atoms with E-state index in [1.165, 1.54) is 16.6 Å². The highest BCUT2D eigenvalue weighted by Crippen LogP contribution is 2.17. The van der Waals surface area contributed by atoms with E-state index in [9.17, 15) is 14.4 Å². The fraction of sp³-hybridized carbons (Fsp3) is 0.471. The Kier molecular flexibility index (Phi) is 6.83. The summed E-state index contributed by atoms with van der Waals surface area (Å²) in [4.78, 5) is 45.5. The summed E-state index contributed by atoms with van der Waals surface area (Å²) in [5.41, 5.74) is 0.345. The summed E-state index contributed by atoms with van der Waals surface area (Å²) in [7, 11) is 3.14. The van der Waals surface area contributed by atoms with E-state index in [4.69, 9.17) is 9.84 Å². The number of rotatable bonds is 9. The molecule has 2 aromatic heterocycles. The molecule has 0 aliphatic carbocycles. The van der Waals surface area contributed by atoms with Crippen molar-refractivity contribution in [3.05, 3.63) is 22.5 Å². The van der Waals surface area contributed by atoms with Gasteiger partial charge in [-0.3, -0.25) is 23.9 Å². The van der Waals surface area contributed by atoms with E-state index in [-0.39, 0.29) is 37.8 Å². The van der Waals surface area contributed by atoms with Crippen molar-refractivity contribution in [2.24, 2.45) is 0 Å². The molecule has 27 heavy (non-hydrogen) atoms. The van der Waals surface area contributed by atoms with E-state index < -0.39 is 11.5 Å². The number of hydrogen-bond acceptors (Lipinski definition) is 7. The summed E-state index contributed by atoms with van der Waals surface area (Å²) in [5.74, 6) is -0.619. The molecule has 0 bridgehead atoms. The first-order valence-corrected chi connectivity index (χ1v) is 8.51. The van der Waals surface area contributed by atoms with Crippen LogP contribution < -0.4 is 15.8 Å². The lowest BCUT2D eigenvalue weighted by Crippen LogP contribution is -2.29. The zero-order valence-corrected chi connectivity index (χ0v) is 15.6. The normalized spacial score (nSPS) is 10.8. The standard InChI is InChI=1S/C17H23N5O5/c1-4-13(23)21(2)12-6-5-11-16(20-12)22(9-10-27-3)17(26)15(19-11)18-8-7-14(24)25/h5-6H,4,7-10H2,1-3H3,(H,18,19)(H,24,25). The van der Waals surface area contributed by atoms with Crippen molar-refractivity contribution < 1.29 is 19.4 Å². The average molecular weight is 377 g/mol. The van der Waals surface area contributed by atoms with Gasteiger partial charge in [-0.1, -0.05) is 6.92 Å². The molecule has 2 rings (SSSR count). The van der Waals surface area contributed by atoms with Gasteiger partial charge in [-0.05, 0) is 12.1 Å². The van der Waals surface area contributed by atoms with Crippen LogP contribution >= 0.6 is 0 Å². The number of nitrogens with zero attached hydrogens (tertiary/aromatic N) is 4. The third-order valence-corrected chi connectivity index (χ3v) is 3.95. The van der Waals surface area contributed by atoms with E-state index in [2.05, 4.69) is 15.3 Å². The van der Waals surface area contributed by atoms with E-state index in [1.54, 1.807) is 26.1 Å². The lowest BCUT2D eigenvalue weighted by molar-refractivity contribution is -0.136. The molecule has 2 heterocycles. The van der Waals surface area contributed by atoms with Gasteiger partial charge >= 0.3 is 5.97 Å². The Balaban J connectivity index is 2.51. The Morgan fingerprint density at radius 2 is 2.07 bits per heavy atom. The fourth-order valence-corrected chi connectivity index (χ4v) is 2.45. The number of carbonyl (C=O) groups excluding carboxylic acids is 1. The van der Waals surface area contributed by atoms with Crippen LogP contribution in [0.15, 0.2) is 16.9 Å². The molecule has 0 saturated heterocycles. The van der Waals surface area contributed by atoms with Gasteiger partial charge in [0.05, 0.1) is 19.6 Å². The number of carbonyl (C=O) groups is 2. The van der Waals surface area contributed by atoms with Crippen LogP contribution in [-0.2, 0) is 20.9 Å². The second-order valence-electron chi connectivity index (χ2n) is 5.80. The van der Waals surface area contributed by atoms with Crippen molar-refractivity contribution in [1.29, 1.82) is 0 Å². The number of amides is 1. The summed E-state index contributed by atoms with van der Waals surface area (Å²) < 4.78 is 6.47. The van der Waals surface area contributed by atoms with Gasteiger partial charge < -0.3 is 15.2 Å². The van der Waals surface area contributed by atoms with Crippen molar-refractivity contribution in [1.82, 2.24) is 14.5 Å². The van der Waals surface area contributed by atoms with Gasteiger partial charge in [0.2, 0.25) is 5.91 Å². The van der Waals surface area contributed by atoms with E-state index in [0.717, 1.165) is 0 Å². The number of anilines is 2. The Morgan fingerprint density at radius 1 is 1.33 bits per heavy atom.